The zero-order chi connectivity index (χ0) is 17.6. The van der Waals surface area contributed by atoms with Crippen LogP contribution in [0.4, 0.5) is 5.69 Å². The standard InChI is InChI=1S/C18H23N3O4/c1-13(25-12-16-4-2-3-11-24-16)17(22)20-14-5-7-15(8-6-14)21-10-9-19-18(21)23/h5-10,13,16H,2-4,11-12H2,1H3,(H,19,23)(H,20,22)/t13-,16+/m1/s1. The van der Waals surface area contributed by atoms with Crippen LogP contribution in [-0.2, 0) is 14.3 Å². The number of amides is 1. The molecule has 0 radical (unpaired) electrons. The lowest BCUT2D eigenvalue weighted by Gasteiger charge is -2.23. The molecule has 134 valence electrons. The molecule has 1 fully saturated rings. The number of carbonyl (C=O) groups is 1. The number of rotatable bonds is 6. The first-order valence-electron chi connectivity index (χ1n) is 8.54. The van der Waals surface area contributed by atoms with Gasteiger partial charge in [0.15, 0.2) is 0 Å². The topological polar surface area (TPSA) is 85.3 Å². The summed E-state index contributed by atoms with van der Waals surface area (Å²) in [5, 5.41) is 2.82. The maximum atomic E-state index is 12.2. The molecule has 1 aromatic carbocycles. The third-order valence-corrected chi connectivity index (χ3v) is 4.24. The summed E-state index contributed by atoms with van der Waals surface area (Å²) in [5.74, 6) is -0.206. The zero-order valence-electron chi connectivity index (χ0n) is 14.2. The first-order valence-corrected chi connectivity index (χ1v) is 8.54. The van der Waals surface area contributed by atoms with E-state index in [0.717, 1.165) is 31.6 Å². The number of ether oxygens (including phenoxy) is 2. The van der Waals surface area contributed by atoms with Crippen LogP contribution in [0.25, 0.3) is 5.69 Å². The average molecular weight is 345 g/mol. The van der Waals surface area contributed by atoms with Crippen molar-refractivity contribution in [2.75, 3.05) is 18.5 Å². The summed E-state index contributed by atoms with van der Waals surface area (Å²) in [7, 11) is 0. The number of aromatic nitrogens is 2. The number of nitrogens with zero attached hydrogens (tertiary/aromatic N) is 1. The Bertz CT molecular complexity index is 744. The summed E-state index contributed by atoms with van der Waals surface area (Å²) < 4.78 is 12.7. The van der Waals surface area contributed by atoms with E-state index in [1.807, 2.05) is 0 Å². The fraction of sp³-hybridized carbons (Fsp3) is 0.444. The van der Waals surface area contributed by atoms with Crippen LogP contribution in [0.15, 0.2) is 41.5 Å². The number of H-pyrrole nitrogens is 1. The number of hydrogen-bond donors (Lipinski definition) is 2. The summed E-state index contributed by atoms with van der Waals surface area (Å²) in [6.45, 7) is 2.93. The summed E-state index contributed by atoms with van der Waals surface area (Å²) in [6, 6.07) is 7.05. The molecule has 0 saturated carbocycles. The second-order valence-corrected chi connectivity index (χ2v) is 6.14. The second-order valence-electron chi connectivity index (χ2n) is 6.14. The van der Waals surface area contributed by atoms with Crippen molar-refractivity contribution < 1.29 is 14.3 Å². The van der Waals surface area contributed by atoms with E-state index >= 15 is 0 Å². The van der Waals surface area contributed by atoms with Crippen LogP contribution >= 0.6 is 0 Å². The molecule has 1 aliphatic rings. The van der Waals surface area contributed by atoms with Gasteiger partial charge in [-0.15, -0.1) is 0 Å². The Morgan fingerprint density at radius 3 is 2.84 bits per heavy atom. The molecule has 1 amide bonds. The van der Waals surface area contributed by atoms with Gasteiger partial charge in [0.1, 0.15) is 6.10 Å². The molecule has 2 aromatic rings. The molecule has 25 heavy (non-hydrogen) atoms. The van der Waals surface area contributed by atoms with Gasteiger partial charge in [0, 0.05) is 24.7 Å². The van der Waals surface area contributed by atoms with Crippen LogP contribution in [0.2, 0.25) is 0 Å². The zero-order valence-corrected chi connectivity index (χ0v) is 14.2. The Hall–Kier alpha value is -2.38. The van der Waals surface area contributed by atoms with Gasteiger partial charge in [-0.3, -0.25) is 9.36 Å². The Labute approximate surface area is 146 Å². The molecular weight excluding hydrogens is 322 g/mol. The Balaban J connectivity index is 1.51. The van der Waals surface area contributed by atoms with Crippen molar-refractivity contribution in [1.82, 2.24) is 9.55 Å². The molecular formula is C18H23N3O4. The quantitative estimate of drug-likeness (QED) is 0.839. The van der Waals surface area contributed by atoms with Crippen molar-refractivity contribution in [2.24, 2.45) is 0 Å². The van der Waals surface area contributed by atoms with Crippen molar-refractivity contribution in [3.05, 3.63) is 47.1 Å². The van der Waals surface area contributed by atoms with E-state index in [1.54, 1.807) is 43.6 Å². The Morgan fingerprint density at radius 1 is 1.40 bits per heavy atom. The first-order chi connectivity index (χ1) is 12.1. The number of nitrogens with one attached hydrogen (secondary N) is 2. The lowest BCUT2D eigenvalue weighted by molar-refractivity contribution is -0.130. The average Bonchev–Trinajstić information content (AvgIpc) is 3.07. The highest BCUT2D eigenvalue weighted by Crippen LogP contribution is 2.15. The molecule has 0 aliphatic carbocycles. The Morgan fingerprint density at radius 2 is 2.20 bits per heavy atom. The maximum Gasteiger partial charge on any atom is 0.330 e. The third kappa shape index (κ3) is 4.58. The van der Waals surface area contributed by atoms with Crippen molar-refractivity contribution in [1.29, 1.82) is 0 Å². The van der Waals surface area contributed by atoms with Gasteiger partial charge in [0.25, 0.3) is 5.91 Å². The number of hydrogen-bond acceptors (Lipinski definition) is 4. The third-order valence-electron chi connectivity index (χ3n) is 4.24. The minimum absolute atomic E-state index is 0.0861. The smallest absolute Gasteiger partial charge is 0.330 e. The predicted molar refractivity (Wildman–Crippen MR) is 94.0 cm³/mol. The van der Waals surface area contributed by atoms with E-state index in [1.165, 1.54) is 4.57 Å². The van der Waals surface area contributed by atoms with Gasteiger partial charge in [-0.1, -0.05) is 0 Å². The molecule has 1 saturated heterocycles. The molecule has 2 atom stereocenters. The maximum absolute atomic E-state index is 12.2. The van der Waals surface area contributed by atoms with Gasteiger partial charge in [0.05, 0.1) is 18.4 Å². The van der Waals surface area contributed by atoms with Crippen LogP contribution < -0.4 is 11.0 Å². The number of anilines is 1. The van der Waals surface area contributed by atoms with Crippen molar-refractivity contribution in [3.63, 3.8) is 0 Å². The molecule has 2 heterocycles. The van der Waals surface area contributed by atoms with E-state index < -0.39 is 6.10 Å². The van der Waals surface area contributed by atoms with Crippen LogP contribution in [-0.4, -0.2) is 40.9 Å². The van der Waals surface area contributed by atoms with Crippen LogP contribution in [0.3, 0.4) is 0 Å². The van der Waals surface area contributed by atoms with Gasteiger partial charge in [-0.25, -0.2) is 4.79 Å². The van der Waals surface area contributed by atoms with Crippen molar-refractivity contribution >= 4 is 11.6 Å². The van der Waals surface area contributed by atoms with Gasteiger partial charge >= 0.3 is 5.69 Å². The first kappa shape index (κ1) is 17.4. The molecule has 1 aromatic heterocycles. The summed E-state index contributed by atoms with van der Waals surface area (Å²) in [6.07, 6.45) is 5.98. The number of carbonyl (C=O) groups excluding carboxylic acids is 1. The highest BCUT2D eigenvalue weighted by atomic mass is 16.5. The van der Waals surface area contributed by atoms with Gasteiger partial charge in [-0.05, 0) is 50.5 Å². The predicted octanol–water partition coefficient (Wildman–Crippen LogP) is 2.08. The molecule has 0 spiro atoms. The van der Waals surface area contributed by atoms with E-state index in [-0.39, 0.29) is 17.7 Å². The second kappa shape index (κ2) is 8.13. The van der Waals surface area contributed by atoms with Crippen molar-refractivity contribution in [2.45, 2.75) is 38.4 Å². The lowest BCUT2D eigenvalue weighted by atomic mass is 10.1. The summed E-state index contributed by atoms with van der Waals surface area (Å²) in [4.78, 5) is 26.4. The fourth-order valence-electron chi connectivity index (χ4n) is 2.74. The summed E-state index contributed by atoms with van der Waals surface area (Å²) in [5.41, 5.74) is 1.17. The largest absolute Gasteiger partial charge is 0.376 e. The Kier molecular flexibility index (Phi) is 5.67. The van der Waals surface area contributed by atoms with Crippen LogP contribution in [0, 0.1) is 0 Å². The van der Waals surface area contributed by atoms with Crippen LogP contribution in [0.5, 0.6) is 0 Å². The fourth-order valence-corrected chi connectivity index (χ4v) is 2.74. The van der Waals surface area contributed by atoms with Crippen molar-refractivity contribution in [3.8, 4) is 5.69 Å². The number of aromatic amines is 1. The molecule has 7 heteroatoms. The summed E-state index contributed by atoms with van der Waals surface area (Å²) >= 11 is 0. The molecule has 7 nitrogen and oxygen atoms in total. The monoisotopic (exact) mass is 345 g/mol. The minimum Gasteiger partial charge on any atom is -0.376 e. The van der Waals surface area contributed by atoms with E-state index in [0.29, 0.717) is 12.3 Å². The van der Waals surface area contributed by atoms with E-state index in [4.69, 9.17) is 9.47 Å². The van der Waals surface area contributed by atoms with Crippen LogP contribution in [0.1, 0.15) is 26.2 Å². The van der Waals surface area contributed by atoms with E-state index in [2.05, 4.69) is 10.3 Å². The lowest BCUT2D eigenvalue weighted by Crippen LogP contribution is -2.32. The van der Waals surface area contributed by atoms with Gasteiger partial charge in [-0.2, -0.15) is 0 Å². The molecule has 1 aliphatic heterocycles. The minimum atomic E-state index is -0.558. The SMILES string of the molecule is C[C@@H](OC[C@@H]1CCCCO1)C(=O)Nc1ccc(-n2cc[nH]c2=O)cc1. The molecule has 3 rings (SSSR count). The normalized spacial score (nSPS) is 18.7. The van der Waals surface area contributed by atoms with E-state index in [9.17, 15) is 9.59 Å². The molecule has 0 unspecified atom stereocenters. The highest BCUT2D eigenvalue weighted by molar-refractivity contribution is 5.93. The molecule has 2 N–H and O–H groups in total. The van der Waals surface area contributed by atoms with Gasteiger partial charge in [0.2, 0.25) is 0 Å². The number of imidazole rings is 1. The number of benzene rings is 1. The molecule has 0 bridgehead atoms. The highest BCUT2D eigenvalue weighted by Gasteiger charge is 2.19. The van der Waals surface area contributed by atoms with Gasteiger partial charge < -0.3 is 19.8 Å².